The minimum atomic E-state index is -3.48. The fourth-order valence-electron chi connectivity index (χ4n) is 1.96. The third kappa shape index (κ3) is 6.56. The van der Waals surface area contributed by atoms with Gasteiger partial charge in [-0.15, -0.1) is 0 Å². The zero-order valence-corrected chi connectivity index (χ0v) is 14.0. The van der Waals surface area contributed by atoms with Gasteiger partial charge < -0.3 is 10.1 Å². The van der Waals surface area contributed by atoms with Crippen molar-refractivity contribution in [3.05, 3.63) is 29.8 Å². The summed E-state index contributed by atoms with van der Waals surface area (Å²) < 4.78 is 31.8. The molecule has 120 valence electrons. The van der Waals surface area contributed by atoms with Crippen molar-refractivity contribution in [1.29, 1.82) is 0 Å². The highest BCUT2D eigenvalue weighted by Crippen LogP contribution is 2.11. The molecule has 21 heavy (non-hydrogen) atoms. The van der Waals surface area contributed by atoms with Crippen molar-refractivity contribution >= 4 is 10.0 Å². The van der Waals surface area contributed by atoms with E-state index in [-0.39, 0.29) is 10.9 Å². The Hall–Kier alpha value is -0.950. The normalized spacial score (nSPS) is 13.6. The molecule has 0 fully saturated rings. The van der Waals surface area contributed by atoms with Gasteiger partial charge in [0.2, 0.25) is 10.0 Å². The fourth-order valence-corrected chi connectivity index (χ4v) is 3.19. The lowest BCUT2D eigenvalue weighted by molar-refractivity contribution is 0.180. The molecule has 1 aromatic carbocycles. The molecule has 1 rings (SSSR count). The maximum absolute atomic E-state index is 12.2. The van der Waals surface area contributed by atoms with Gasteiger partial charge in [-0.05, 0) is 37.6 Å². The number of methoxy groups -OCH3 is 1. The van der Waals surface area contributed by atoms with Crippen LogP contribution in [-0.2, 0) is 21.2 Å². The van der Waals surface area contributed by atoms with Crippen molar-refractivity contribution in [3.63, 3.8) is 0 Å². The molecule has 0 amide bonds. The van der Waals surface area contributed by atoms with Crippen molar-refractivity contribution in [2.24, 2.45) is 0 Å². The minimum Gasteiger partial charge on any atom is -0.383 e. The van der Waals surface area contributed by atoms with Gasteiger partial charge >= 0.3 is 0 Å². The van der Waals surface area contributed by atoms with Gasteiger partial charge in [0.25, 0.3) is 0 Å². The molecule has 0 bridgehead atoms. The molecular weight excluding hydrogens is 288 g/mol. The van der Waals surface area contributed by atoms with E-state index >= 15 is 0 Å². The Bertz CT molecular complexity index is 512. The average Bonchev–Trinajstić information content (AvgIpc) is 2.38. The second kappa shape index (κ2) is 8.48. The Kier molecular flexibility index (Phi) is 7.31. The summed E-state index contributed by atoms with van der Waals surface area (Å²) in [5.41, 5.74) is 1.12. The number of benzene rings is 1. The van der Waals surface area contributed by atoms with E-state index < -0.39 is 10.0 Å². The molecule has 0 saturated carbocycles. The highest BCUT2D eigenvalue weighted by Gasteiger charge is 2.16. The van der Waals surface area contributed by atoms with E-state index in [1.165, 1.54) is 0 Å². The molecule has 0 radical (unpaired) electrons. The highest BCUT2D eigenvalue weighted by atomic mass is 32.2. The fraction of sp³-hybridized carbons (Fsp3) is 0.600. The Labute approximate surface area is 128 Å². The molecule has 0 aliphatic rings. The summed E-state index contributed by atoms with van der Waals surface area (Å²) in [6, 6.07) is 7.21. The second-order valence-corrected chi connectivity index (χ2v) is 7.19. The van der Waals surface area contributed by atoms with Gasteiger partial charge in [0.05, 0.1) is 11.5 Å². The van der Waals surface area contributed by atoms with Crippen molar-refractivity contribution in [2.75, 3.05) is 20.3 Å². The van der Waals surface area contributed by atoms with Crippen LogP contribution in [-0.4, -0.2) is 40.8 Å². The maximum Gasteiger partial charge on any atom is 0.240 e. The molecule has 1 aromatic rings. The van der Waals surface area contributed by atoms with Gasteiger partial charge in [-0.2, -0.15) is 0 Å². The van der Waals surface area contributed by atoms with E-state index in [1.54, 1.807) is 26.2 Å². The van der Waals surface area contributed by atoms with Gasteiger partial charge in [0, 0.05) is 19.2 Å². The molecule has 2 N–H and O–H groups in total. The SMILES string of the molecule is COCC(C)NS(=O)(=O)c1ccc(CCNC(C)C)cc1. The van der Waals surface area contributed by atoms with Crippen LogP contribution in [0.1, 0.15) is 26.3 Å². The van der Waals surface area contributed by atoms with Crippen molar-refractivity contribution in [3.8, 4) is 0 Å². The summed E-state index contributed by atoms with van der Waals surface area (Å²) in [5.74, 6) is 0. The van der Waals surface area contributed by atoms with Crippen LogP contribution >= 0.6 is 0 Å². The van der Waals surface area contributed by atoms with Crippen molar-refractivity contribution in [1.82, 2.24) is 10.0 Å². The molecule has 6 heteroatoms. The first kappa shape index (κ1) is 18.1. The van der Waals surface area contributed by atoms with Crippen LogP contribution in [0.25, 0.3) is 0 Å². The lowest BCUT2D eigenvalue weighted by atomic mass is 10.1. The number of ether oxygens (including phenoxy) is 1. The van der Waals surface area contributed by atoms with Gasteiger partial charge in [0.1, 0.15) is 0 Å². The quantitative estimate of drug-likeness (QED) is 0.725. The Morgan fingerprint density at radius 1 is 1.14 bits per heavy atom. The van der Waals surface area contributed by atoms with E-state index in [2.05, 4.69) is 23.9 Å². The second-order valence-electron chi connectivity index (χ2n) is 5.48. The first-order chi connectivity index (χ1) is 9.85. The number of hydrogen-bond acceptors (Lipinski definition) is 4. The third-order valence-electron chi connectivity index (χ3n) is 2.97. The van der Waals surface area contributed by atoms with Gasteiger partial charge in [-0.25, -0.2) is 13.1 Å². The first-order valence-electron chi connectivity index (χ1n) is 7.18. The number of rotatable bonds is 9. The maximum atomic E-state index is 12.2. The van der Waals surface area contributed by atoms with Crippen LogP contribution in [0.4, 0.5) is 0 Å². The predicted octanol–water partition coefficient (Wildman–Crippen LogP) is 1.54. The molecule has 0 aliphatic carbocycles. The van der Waals surface area contributed by atoms with E-state index in [9.17, 15) is 8.42 Å². The van der Waals surface area contributed by atoms with E-state index in [0.717, 1.165) is 18.5 Å². The smallest absolute Gasteiger partial charge is 0.240 e. The summed E-state index contributed by atoms with van der Waals surface area (Å²) >= 11 is 0. The molecule has 0 heterocycles. The lowest BCUT2D eigenvalue weighted by Gasteiger charge is -2.13. The van der Waals surface area contributed by atoms with Crippen LogP contribution in [0.2, 0.25) is 0 Å². The molecule has 0 spiro atoms. The monoisotopic (exact) mass is 314 g/mol. The molecule has 0 aliphatic heterocycles. The highest BCUT2D eigenvalue weighted by molar-refractivity contribution is 7.89. The van der Waals surface area contributed by atoms with Crippen LogP contribution in [0, 0.1) is 0 Å². The molecule has 0 aromatic heterocycles. The number of sulfonamides is 1. The summed E-state index contributed by atoms with van der Waals surface area (Å²) in [6.45, 7) is 7.20. The predicted molar refractivity (Wildman–Crippen MR) is 84.9 cm³/mol. The first-order valence-corrected chi connectivity index (χ1v) is 8.67. The molecule has 1 atom stereocenters. The van der Waals surface area contributed by atoms with Gasteiger partial charge in [-0.1, -0.05) is 26.0 Å². The Balaban J connectivity index is 2.64. The van der Waals surface area contributed by atoms with E-state index in [4.69, 9.17) is 4.74 Å². The Morgan fingerprint density at radius 2 is 1.76 bits per heavy atom. The van der Waals surface area contributed by atoms with E-state index in [0.29, 0.717) is 12.6 Å². The average molecular weight is 314 g/mol. The Morgan fingerprint density at radius 3 is 2.29 bits per heavy atom. The summed E-state index contributed by atoms with van der Waals surface area (Å²) in [6.07, 6.45) is 0.881. The standard InChI is InChI=1S/C15H26N2O3S/c1-12(2)16-10-9-14-5-7-15(8-6-14)21(18,19)17-13(3)11-20-4/h5-8,12-13,16-17H,9-11H2,1-4H3. The van der Waals surface area contributed by atoms with Crippen LogP contribution in [0.15, 0.2) is 29.2 Å². The van der Waals surface area contributed by atoms with Crippen LogP contribution < -0.4 is 10.0 Å². The number of hydrogen-bond donors (Lipinski definition) is 2. The molecule has 0 saturated heterocycles. The zero-order chi connectivity index (χ0) is 15.9. The van der Waals surface area contributed by atoms with Crippen molar-refractivity contribution in [2.45, 2.75) is 44.2 Å². The van der Waals surface area contributed by atoms with Crippen LogP contribution in [0.5, 0.6) is 0 Å². The minimum absolute atomic E-state index is 0.255. The number of nitrogens with one attached hydrogen (secondary N) is 2. The van der Waals surface area contributed by atoms with Crippen LogP contribution in [0.3, 0.4) is 0 Å². The third-order valence-corrected chi connectivity index (χ3v) is 4.58. The lowest BCUT2D eigenvalue weighted by Crippen LogP contribution is -2.35. The molecule has 1 unspecified atom stereocenters. The van der Waals surface area contributed by atoms with Gasteiger partial charge in [-0.3, -0.25) is 0 Å². The molecule has 5 nitrogen and oxygen atoms in total. The van der Waals surface area contributed by atoms with Crippen molar-refractivity contribution < 1.29 is 13.2 Å². The largest absolute Gasteiger partial charge is 0.383 e. The molecular formula is C15H26N2O3S. The summed E-state index contributed by atoms with van der Waals surface area (Å²) in [4.78, 5) is 0.283. The topological polar surface area (TPSA) is 67.4 Å². The zero-order valence-electron chi connectivity index (χ0n) is 13.2. The van der Waals surface area contributed by atoms with Gasteiger partial charge in [0.15, 0.2) is 0 Å². The van der Waals surface area contributed by atoms with E-state index in [1.807, 2.05) is 12.1 Å². The summed E-state index contributed by atoms with van der Waals surface area (Å²) in [5, 5.41) is 3.33. The summed E-state index contributed by atoms with van der Waals surface area (Å²) in [7, 11) is -1.93.